The van der Waals surface area contributed by atoms with E-state index in [0.717, 1.165) is 44.0 Å². The summed E-state index contributed by atoms with van der Waals surface area (Å²) in [6.45, 7) is 3.37. The van der Waals surface area contributed by atoms with Crippen LogP contribution in [0.4, 0.5) is 0 Å². The molecule has 3 aromatic rings. The molecular weight excluding hydrogens is 414 g/mol. The molecule has 2 fully saturated rings. The molecule has 1 aromatic carbocycles. The predicted molar refractivity (Wildman–Crippen MR) is 119 cm³/mol. The van der Waals surface area contributed by atoms with Crippen LogP contribution in [0.3, 0.4) is 0 Å². The first-order valence-electron chi connectivity index (χ1n) is 10.8. The zero-order chi connectivity index (χ0) is 21.2. The molecule has 162 valence electrons. The molecule has 5 rings (SSSR count). The van der Waals surface area contributed by atoms with Gasteiger partial charge in [0.1, 0.15) is 11.7 Å². The van der Waals surface area contributed by atoms with Gasteiger partial charge in [0.05, 0.1) is 5.39 Å². The highest BCUT2D eigenvalue weighted by Gasteiger charge is 2.31. The van der Waals surface area contributed by atoms with Gasteiger partial charge in [0, 0.05) is 49.9 Å². The largest absolute Gasteiger partial charge is 0.467 e. The van der Waals surface area contributed by atoms with Crippen LogP contribution in [0.25, 0.3) is 11.0 Å². The van der Waals surface area contributed by atoms with Gasteiger partial charge in [-0.3, -0.25) is 14.5 Å². The number of thiazole rings is 1. The minimum absolute atomic E-state index is 0.127. The quantitative estimate of drug-likeness (QED) is 0.620. The number of hydrogen-bond donors (Lipinski definition) is 0. The lowest BCUT2D eigenvalue weighted by molar-refractivity contribution is 0.0411. The van der Waals surface area contributed by atoms with Crippen LogP contribution in [0, 0.1) is 0 Å². The van der Waals surface area contributed by atoms with E-state index >= 15 is 0 Å². The molecule has 2 aliphatic heterocycles. The molecule has 0 radical (unpaired) electrons. The van der Waals surface area contributed by atoms with E-state index in [1.807, 2.05) is 10.3 Å². The fourth-order valence-corrected chi connectivity index (χ4v) is 5.12. The fourth-order valence-electron chi connectivity index (χ4n) is 4.57. The standard InChI is InChI=1S/C23H25N3O4S/c27-19-15-21(30-20-4-2-1-3-18(19)20)22(28)26-10-5-16(6-11-26)25-12-7-17(8-13-25)29-23-24-9-14-31-23/h1-4,9,14-17H,5-8,10-13H2. The van der Waals surface area contributed by atoms with E-state index in [-0.39, 0.29) is 23.2 Å². The minimum Gasteiger partial charge on any atom is -0.467 e. The van der Waals surface area contributed by atoms with Crippen LogP contribution in [0.15, 0.2) is 51.1 Å². The van der Waals surface area contributed by atoms with Crippen LogP contribution < -0.4 is 10.2 Å². The van der Waals surface area contributed by atoms with Gasteiger partial charge in [0.25, 0.3) is 11.1 Å². The van der Waals surface area contributed by atoms with Crippen LogP contribution in [0.2, 0.25) is 0 Å². The smallest absolute Gasteiger partial charge is 0.289 e. The molecule has 4 heterocycles. The summed E-state index contributed by atoms with van der Waals surface area (Å²) in [7, 11) is 0. The molecule has 7 nitrogen and oxygen atoms in total. The summed E-state index contributed by atoms with van der Waals surface area (Å²) < 4.78 is 11.7. The highest BCUT2D eigenvalue weighted by atomic mass is 32.1. The van der Waals surface area contributed by atoms with E-state index in [9.17, 15) is 9.59 Å². The zero-order valence-electron chi connectivity index (χ0n) is 17.2. The van der Waals surface area contributed by atoms with Crippen molar-refractivity contribution in [2.24, 2.45) is 0 Å². The van der Waals surface area contributed by atoms with Gasteiger partial charge in [-0.1, -0.05) is 23.5 Å². The number of nitrogens with zero attached hydrogens (tertiary/aromatic N) is 3. The molecule has 0 aliphatic carbocycles. The van der Waals surface area contributed by atoms with Crippen molar-refractivity contribution in [1.82, 2.24) is 14.8 Å². The molecule has 31 heavy (non-hydrogen) atoms. The highest BCUT2D eigenvalue weighted by molar-refractivity contribution is 7.11. The Balaban J connectivity index is 1.15. The van der Waals surface area contributed by atoms with Gasteiger partial charge in [0.2, 0.25) is 0 Å². The number of ether oxygens (including phenoxy) is 1. The number of rotatable bonds is 4. The lowest BCUT2D eigenvalue weighted by atomic mass is 9.98. The van der Waals surface area contributed by atoms with Crippen LogP contribution in [0.1, 0.15) is 36.2 Å². The molecule has 0 N–H and O–H groups in total. The number of benzene rings is 1. The Morgan fingerprint density at radius 2 is 1.87 bits per heavy atom. The second-order valence-corrected chi connectivity index (χ2v) is 9.00. The molecule has 0 atom stereocenters. The van der Waals surface area contributed by atoms with Gasteiger partial charge < -0.3 is 14.1 Å². The molecule has 2 aliphatic rings. The molecule has 2 saturated heterocycles. The molecule has 8 heteroatoms. The molecule has 1 amide bonds. The Morgan fingerprint density at radius 1 is 1.10 bits per heavy atom. The Hall–Kier alpha value is -2.71. The highest BCUT2D eigenvalue weighted by Crippen LogP contribution is 2.25. The number of carbonyl (C=O) groups is 1. The van der Waals surface area contributed by atoms with Crippen molar-refractivity contribution in [1.29, 1.82) is 0 Å². The summed E-state index contributed by atoms with van der Waals surface area (Å²) in [5, 5.41) is 3.19. The third-order valence-electron chi connectivity index (χ3n) is 6.27. The Labute approximate surface area is 184 Å². The fraction of sp³-hybridized carbons (Fsp3) is 0.435. The summed E-state index contributed by atoms with van der Waals surface area (Å²) in [6.07, 6.45) is 5.87. The van der Waals surface area contributed by atoms with E-state index in [1.165, 1.54) is 17.4 Å². The zero-order valence-corrected chi connectivity index (χ0v) is 18.1. The van der Waals surface area contributed by atoms with Crippen molar-refractivity contribution in [3.05, 3.63) is 57.9 Å². The van der Waals surface area contributed by atoms with E-state index in [4.69, 9.17) is 9.15 Å². The SMILES string of the molecule is O=C(c1cc(=O)c2ccccc2o1)N1CCC(N2CCC(Oc3nccs3)CC2)CC1. The van der Waals surface area contributed by atoms with Crippen LogP contribution in [-0.4, -0.2) is 59.0 Å². The topological polar surface area (TPSA) is 75.9 Å². The third-order valence-corrected chi connectivity index (χ3v) is 6.93. The number of para-hydroxylation sites is 1. The molecule has 0 saturated carbocycles. The number of carbonyl (C=O) groups excluding carboxylic acids is 1. The number of fused-ring (bicyclic) bond motifs is 1. The van der Waals surface area contributed by atoms with Gasteiger partial charge in [-0.2, -0.15) is 0 Å². The predicted octanol–water partition coefficient (Wildman–Crippen LogP) is 3.40. The average Bonchev–Trinajstić information content (AvgIpc) is 3.32. The van der Waals surface area contributed by atoms with Gasteiger partial charge >= 0.3 is 0 Å². The van der Waals surface area contributed by atoms with Gasteiger partial charge in [0.15, 0.2) is 11.2 Å². The molecular formula is C23H25N3O4S. The number of aromatic nitrogens is 1. The molecule has 2 aromatic heterocycles. The van der Waals surface area contributed by atoms with E-state index in [1.54, 1.807) is 30.5 Å². The van der Waals surface area contributed by atoms with E-state index in [0.29, 0.717) is 30.1 Å². The lowest BCUT2D eigenvalue weighted by Gasteiger charge is -2.41. The average molecular weight is 440 g/mol. The summed E-state index contributed by atoms with van der Waals surface area (Å²) in [6, 6.07) is 8.83. The Bertz CT molecular complexity index is 1100. The number of likely N-dealkylation sites (tertiary alicyclic amines) is 2. The van der Waals surface area contributed by atoms with Crippen molar-refractivity contribution in [3.8, 4) is 5.19 Å². The summed E-state index contributed by atoms with van der Waals surface area (Å²) in [5.41, 5.74) is 0.277. The maximum Gasteiger partial charge on any atom is 0.289 e. The molecule has 0 bridgehead atoms. The number of hydrogen-bond acceptors (Lipinski definition) is 7. The van der Waals surface area contributed by atoms with Crippen LogP contribution in [-0.2, 0) is 0 Å². The van der Waals surface area contributed by atoms with Crippen LogP contribution >= 0.6 is 11.3 Å². The first-order valence-corrected chi connectivity index (χ1v) is 11.7. The summed E-state index contributed by atoms with van der Waals surface area (Å²) in [4.78, 5) is 33.8. The van der Waals surface area contributed by atoms with Gasteiger partial charge in [-0.05, 0) is 37.8 Å². The second kappa shape index (κ2) is 8.80. The first-order chi connectivity index (χ1) is 15.2. The maximum atomic E-state index is 12.9. The van der Waals surface area contributed by atoms with E-state index in [2.05, 4.69) is 9.88 Å². The molecule has 0 spiro atoms. The first kappa shape index (κ1) is 20.2. The Morgan fingerprint density at radius 3 is 2.61 bits per heavy atom. The maximum absolute atomic E-state index is 12.9. The Kier molecular flexibility index (Phi) is 5.74. The summed E-state index contributed by atoms with van der Waals surface area (Å²) in [5.74, 6) is -0.0702. The summed E-state index contributed by atoms with van der Waals surface area (Å²) >= 11 is 1.54. The molecule has 0 unspecified atom stereocenters. The van der Waals surface area contributed by atoms with Crippen molar-refractivity contribution < 1.29 is 13.9 Å². The lowest BCUT2D eigenvalue weighted by Crippen LogP contribution is -2.50. The number of amides is 1. The van der Waals surface area contributed by atoms with Crippen molar-refractivity contribution in [3.63, 3.8) is 0 Å². The second-order valence-electron chi connectivity index (χ2n) is 8.15. The van der Waals surface area contributed by atoms with Crippen molar-refractivity contribution >= 4 is 28.2 Å². The normalized spacial score (nSPS) is 19.0. The van der Waals surface area contributed by atoms with E-state index < -0.39 is 0 Å². The van der Waals surface area contributed by atoms with Crippen molar-refractivity contribution in [2.75, 3.05) is 26.2 Å². The monoisotopic (exact) mass is 439 g/mol. The van der Waals surface area contributed by atoms with Gasteiger partial charge in [-0.25, -0.2) is 4.98 Å². The van der Waals surface area contributed by atoms with Gasteiger partial charge in [-0.15, -0.1) is 0 Å². The number of piperidine rings is 2. The third kappa shape index (κ3) is 4.36. The van der Waals surface area contributed by atoms with Crippen molar-refractivity contribution in [2.45, 2.75) is 37.8 Å². The minimum atomic E-state index is -0.197. The van der Waals surface area contributed by atoms with Crippen LogP contribution in [0.5, 0.6) is 5.19 Å².